The molecule has 1 amide bonds. The molecule has 4 rings (SSSR count). The normalized spacial score (nSPS) is 11.3. The lowest BCUT2D eigenvalue weighted by molar-refractivity contribution is 0.0950. The van der Waals surface area contributed by atoms with E-state index in [1.807, 2.05) is 41.8 Å². The molecular formula is C25H24F2N4O2. The highest BCUT2D eigenvalue weighted by Crippen LogP contribution is 2.31. The summed E-state index contributed by atoms with van der Waals surface area (Å²) in [5, 5.41) is 13.6. The minimum absolute atomic E-state index is 0.0441. The maximum absolute atomic E-state index is 13.6. The molecule has 0 unspecified atom stereocenters. The number of carbonyl (C=O) groups excluding carboxylic acids is 1. The van der Waals surface area contributed by atoms with Gasteiger partial charge in [0.2, 0.25) is 0 Å². The lowest BCUT2D eigenvalue weighted by Crippen LogP contribution is -2.26. The zero-order valence-electron chi connectivity index (χ0n) is 18.3. The van der Waals surface area contributed by atoms with Gasteiger partial charge in [-0.2, -0.15) is 0 Å². The van der Waals surface area contributed by atoms with E-state index in [0.717, 1.165) is 23.5 Å². The Morgan fingerprint density at radius 2 is 1.91 bits per heavy atom. The Hall–Kier alpha value is -3.78. The van der Waals surface area contributed by atoms with Gasteiger partial charge in [-0.1, -0.05) is 12.1 Å². The van der Waals surface area contributed by atoms with Crippen LogP contribution in [-0.2, 0) is 19.6 Å². The molecule has 2 aromatic carbocycles. The van der Waals surface area contributed by atoms with E-state index in [1.54, 1.807) is 24.4 Å². The first-order chi connectivity index (χ1) is 15.8. The van der Waals surface area contributed by atoms with Gasteiger partial charge in [-0.3, -0.25) is 9.78 Å². The van der Waals surface area contributed by atoms with Crippen LogP contribution in [0.25, 0.3) is 10.9 Å². The maximum Gasteiger partial charge on any atom is 0.254 e. The third-order valence-corrected chi connectivity index (χ3v) is 5.33. The summed E-state index contributed by atoms with van der Waals surface area (Å²) >= 11 is 0. The van der Waals surface area contributed by atoms with Crippen LogP contribution in [0.1, 0.15) is 27.3 Å². The zero-order chi connectivity index (χ0) is 23.5. The van der Waals surface area contributed by atoms with Gasteiger partial charge in [-0.25, -0.2) is 8.78 Å². The van der Waals surface area contributed by atoms with Crippen molar-refractivity contribution in [2.45, 2.75) is 19.6 Å². The fourth-order valence-electron chi connectivity index (χ4n) is 3.86. The Kier molecular flexibility index (Phi) is 6.37. The third kappa shape index (κ3) is 4.85. The number of hydrogen-bond donors (Lipinski definition) is 2. The summed E-state index contributed by atoms with van der Waals surface area (Å²) in [6, 6.07) is 14.1. The Labute approximate surface area is 190 Å². The minimum atomic E-state index is -0.961. The molecule has 0 bridgehead atoms. The van der Waals surface area contributed by atoms with Crippen LogP contribution >= 0.6 is 0 Å². The van der Waals surface area contributed by atoms with Gasteiger partial charge < -0.3 is 19.9 Å². The van der Waals surface area contributed by atoms with E-state index in [-0.39, 0.29) is 18.2 Å². The Morgan fingerprint density at radius 3 is 2.61 bits per heavy atom. The Bertz CT molecular complexity index is 1300. The molecule has 4 aromatic rings. The summed E-state index contributed by atoms with van der Waals surface area (Å²) in [5.74, 6) is -2.15. The molecule has 2 heterocycles. The van der Waals surface area contributed by atoms with Crippen LogP contribution in [0.5, 0.6) is 5.75 Å². The molecule has 0 aliphatic carbocycles. The van der Waals surface area contributed by atoms with E-state index in [2.05, 4.69) is 10.3 Å². The molecule has 0 radical (unpaired) electrons. The van der Waals surface area contributed by atoms with Gasteiger partial charge >= 0.3 is 0 Å². The molecule has 0 atom stereocenters. The van der Waals surface area contributed by atoms with Gasteiger partial charge in [-0.15, -0.1) is 0 Å². The van der Waals surface area contributed by atoms with Crippen molar-refractivity contribution in [3.05, 3.63) is 94.9 Å². The molecule has 0 aliphatic heterocycles. The second-order valence-corrected chi connectivity index (χ2v) is 8.10. The van der Waals surface area contributed by atoms with E-state index in [1.165, 1.54) is 6.07 Å². The van der Waals surface area contributed by atoms with Crippen molar-refractivity contribution in [2.75, 3.05) is 14.1 Å². The standard InChI is InChI=1S/C25H24F2N4O2/c1-30(2)15-23-24(25(33)29-13-16-6-9-20(26)21(27)11-16)19-8-7-18(32)12-22(19)31(23)14-17-5-3-4-10-28-17/h3-12,32H,13-15H2,1-2H3,(H,29,33). The van der Waals surface area contributed by atoms with Crippen molar-refractivity contribution in [2.24, 2.45) is 0 Å². The minimum Gasteiger partial charge on any atom is -0.508 e. The fraction of sp³-hybridized carbons (Fsp3) is 0.200. The zero-order valence-corrected chi connectivity index (χ0v) is 18.3. The number of aromatic nitrogens is 2. The quantitative estimate of drug-likeness (QED) is 0.446. The molecular weight excluding hydrogens is 426 g/mol. The number of amides is 1. The van der Waals surface area contributed by atoms with Gasteiger partial charge in [0, 0.05) is 36.4 Å². The van der Waals surface area contributed by atoms with Crippen LogP contribution in [0, 0.1) is 11.6 Å². The van der Waals surface area contributed by atoms with Gasteiger partial charge in [0.1, 0.15) is 5.75 Å². The molecule has 170 valence electrons. The maximum atomic E-state index is 13.6. The molecule has 6 nitrogen and oxygen atoms in total. The SMILES string of the molecule is CN(C)Cc1c(C(=O)NCc2ccc(F)c(F)c2)c2ccc(O)cc2n1Cc1ccccn1. The number of rotatable bonds is 7. The van der Waals surface area contributed by atoms with Crippen molar-refractivity contribution in [3.8, 4) is 5.75 Å². The summed E-state index contributed by atoms with van der Waals surface area (Å²) in [6.07, 6.45) is 1.71. The summed E-state index contributed by atoms with van der Waals surface area (Å²) in [5.41, 5.74) is 3.19. The largest absolute Gasteiger partial charge is 0.508 e. The van der Waals surface area contributed by atoms with E-state index in [0.29, 0.717) is 35.1 Å². The van der Waals surface area contributed by atoms with E-state index in [9.17, 15) is 18.7 Å². The van der Waals surface area contributed by atoms with E-state index < -0.39 is 11.6 Å². The first kappa shape index (κ1) is 22.4. The van der Waals surface area contributed by atoms with E-state index in [4.69, 9.17) is 0 Å². The number of nitrogens with one attached hydrogen (secondary N) is 1. The average molecular weight is 450 g/mol. The van der Waals surface area contributed by atoms with Gasteiger partial charge in [0.25, 0.3) is 5.91 Å². The molecule has 33 heavy (non-hydrogen) atoms. The number of halogens is 2. The van der Waals surface area contributed by atoms with Crippen molar-refractivity contribution >= 4 is 16.8 Å². The molecule has 0 saturated carbocycles. The van der Waals surface area contributed by atoms with Crippen LogP contribution in [-0.4, -0.2) is 39.6 Å². The molecule has 0 saturated heterocycles. The predicted molar refractivity (Wildman–Crippen MR) is 122 cm³/mol. The summed E-state index contributed by atoms with van der Waals surface area (Å²) < 4.78 is 28.8. The highest BCUT2D eigenvalue weighted by molar-refractivity contribution is 6.08. The van der Waals surface area contributed by atoms with Crippen LogP contribution in [0.2, 0.25) is 0 Å². The third-order valence-electron chi connectivity index (χ3n) is 5.33. The second kappa shape index (κ2) is 9.38. The highest BCUT2D eigenvalue weighted by atomic mass is 19.2. The van der Waals surface area contributed by atoms with Gasteiger partial charge in [-0.05, 0) is 56.1 Å². The van der Waals surface area contributed by atoms with Crippen LogP contribution in [0.15, 0.2) is 60.8 Å². The smallest absolute Gasteiger partial charge is 0.254 e. The lowest BCUT2D eigenvalue weighted by Gasteiger charge is -2.16. The number of hydrogen-bond acceptors (Lipinski definition) is 4. The number of pyridine rings is 1. The van der Waals surface area contributed by atoms with Gasteiger partial charge in [0.15, 0.2) is 11.6 Å². The number of benzene rings is 2. The number of fused-ring (bicyclic) bond motifs is 1. The molecule has 0 aliphatic rings. The second-order valence-electron chi connectivity index (χ2n) is 8.10. The molecule has 8 heteroatoms. The number of phenols is 1. The van der Waals surface area contributed by atoms with Crippen molar-refractivity contribution < 1.29 is 18.7 Å². The Balaban J connectivity index is 1.76. The summed E-state index contributed by atoms with van der Waals surface area (Å²) in [4.78, 5) is 19.7. The van der Waals surface area contributed by atoms with Crippen molar-refractivity contribution in [3.63, 3.8) is 0 Å². The summed E-state index contributed by atoms with van der Waals surface area (Å²) in [7, 11) is 3.81. The molecule has 2 aromatic heterocycles. The predicted octanol–water partition coefficient (Wildman–Crippen LogP) is 4.06. The molecule has 0 fully saturated rings. The number of aromatic hydroxyl groups is 1. The topological polar surface area (TPSA) is 70.4 Å². The van der Waals surface area contributed by atoms with Crippen LogP contribution in [0.4, 0.5) is 8.78 Å². The van der Waals surface area contributed by atoms with Crippen molar-refractivity contribution in [1.29, 1.82) is 0 Å². The Morgan fingerprint density at radius 1 is 1.09 bits per heavy atom. The lowest BCUT2D eigenvalue weighted by atomic mass is 10.1. The fourth-order valence-corrected chi connectivity index (χ4v) is 3.86. The molecule has 2 N–H and O–H groups in total. The molecule has 0 spiro atoms. The first-order valence-corrected chi connectivity index (χ1v) is 10.4. The van der Waals surface area contributed by atoms with Crippen LogP contribution < -0.4 is 5.32 Å². The van der Waals surface area contributed by atoms with Crippen LogP contribution in [0.3, 0.4) is 0 Å². The highest BCUT2D eigenvalue weighted by Gasteiger charge is 2.23. The number of carbonyl (C=O) groups is 1. The first-order valence-electron chi connectivity index (χ1n) is 10.4. The number of phenolic OH excluding ortho intramolecular Hbond substituents is 1. The summed E-state index contributed by atoms with van der Waals surface area (Å²) in [6.45, 7) is 0.930. The monoisotopic (exact) mass is 450 g/mol. The number of nitrogens with zero attached hydrogens (tertiary/aromatic N) is 3. The van der Waals surface area contributed by atoms with Gasteiger partial charge in [0.05, 0.1) is 23.3 Å². The average Bonchev–Trinajstić information content (AvgIpc) is 3.07. The van der Waals surface area contributed by atoms with E-state index >= 15 is 0 Å². The van der Waals surface area contributed by atoms with Crippen molar-refractivity contribution in [1.82, 2.24) is 19.8 Å².